The molecule has 0 radical (unpaired) electrons. The predicted octanol–water partition coefficient (Wildman–Crippen LogP) is 3.07. The summed E-state index contributed by atoms with van der Waals surface area (Å²) in [7, 11) is 0. The smallest absolute Gasteiger partial charge is 0.305 e. The Hall–Kier alpha value is -1.82. The fourth-order valence-corrected chi connectivity index (χ4v) is 2.09. The van der Waals surface area contributed by atoms with Gasteiger partial charge in [-0.1, -0.05) is 12.2 Å². The number of nitro benzene ring substituents is 1. The first kappa shape index (κ1) is 13.6. The van der Waals surface area contributed by atoms with Crippen molar-refractivity contribution < 1.29 is 13.7 Å². The Morgan fingerprint density at radius 1 is 1.32 bits per heavy atom. The van der Waals surface area contributed by atoms with Crippen LogP contribution < -0.4 is 5.32 Å². The molecule has 4 nitrogen and oxygen atoms in total. The first-order valence-electron chi connectivity index (χ1n) is 6.08. The number of benzene rings is 1. The molecule has 0 aromatic heterocycles. The molecule has 102 valence electrons. The van der Waals surface area contributed by atoms with Crippen LogP contribution in [0.25, 0.3) is 0 Å². The Morgan fingerprint density at radius 3 is 2.74 bits per heavy atom. The molecule has 1 aliphatic rings. The predicted molar refractivity (Wildman–Crippen MR) is 66.6 cm³/mol. The number of nitro groups is 1. The quantitative estimate of drug-likeness (QED) is 0.518. The first-order valence-corrected chi connectivity index (χ1v) is 6.08. The SMILES string of the molecule is O=[N+]([O-])c1cc(CNC2CC=CCC2)c(F)cc1F. The average Bonchev–Trinajstić information content (AvgIpc) is 2.38. The van der Waals surface area contributed by atoms with Crippen molar-refractivity contribution in [2.24, 2.45) is 0 Å². The molecule has 6 heteroatoms. The van der Waals surface area contributed by atoms with E-state index in [0.29, 0.717) is 6.07 Å². The van der Waals surface area contributed by atoms with Crippen molar-refractivity contribution in [1.82, 2.24) is 5.32 Å². The summed E-state index contributed by atoms with van der Waals surface area (Å²) in [6.07, 6.45) is 6.89. The van der Waals surface area contributed by atoms with Crippen LogP contribution in [0.4, 0.5) is 14.5 Å². The number of allylic oxidation sites excluding steroid dienone is 1. The van der Waals surface area contributed by atoms with E-state index in [1.165, 1.54) is 0 Å². The molecule has 1 N–H and O–H groups in total. The molecule has 0 saturated carbocycles. The van der Waals surface area contributed by atoms with Crippen LogP contribution in [0.3, 0.4) is 0 Å². The van der Waals surface area contributed by atoms with Crippen molar-refractivity contribution in [3.8, 4) is 0 Å². The third-order valence-corrected chi connectivity index (χ3v) is 3.16. The fourth-order valence-electron chi connectivity index (χ4n) is 2.09. The molecule has 0 fully saturated rings. The Kier molecular flexibility index (Phi) is 4.21. The highest BCUT2D eigenvalue weighted by molar-refractivity contribution is 5.37. The largest absolute Gasteiger partial charge is 0.309 e. The van der Waals surface area contributed by atoms with Crippen molar-refractivity contribution in [2.75, 3.05) is 0 Å². The van der Waals surface area contributed by atoms with Gasteiger partial charge < -0.3 is 5.32 Å². The van der Waals surface area contributed by atoms with E-state index >= 15 is 0 Å². The molecule has 0 bridgehead atoms. The molecule has 2 rings (SSSR count). The second kappa shape index (κ2) is 5.88. The molecule has 1 atom stereocenters. The van der Waals surface area contributed by atoms with E-state index < -0.39 is 22.2 Å². The molecule has 1 aromatic rings. The van der Waals surface area contributed by atoms with Gasteiger partial charge in [-0.2, -0.15) is 4.39 Å². The monoisotopic (exact) mass is 268 g/mol. The van der Waals surface area contributed by atoms with E-state index in [-0.39, 0.29) is 18.2 Å². The second-order valence-electron chi connectivity index (χ2n) is 4.51. The van der Waals surface area contributed by atoms with Gasteiger partial charge in [-0.25, -0.2) is 4.39 Å². The Bertz CT molecular complexity index is 518. The van der Waals surface area contributed by atoms with Crippen LogP contribution in [-0.2, 0) is 6.54 Å². The molecule has 0 amide bonds. The third-order valence-electron chi connectivity index (χ3n) is 3.16. The number of nitrogens with one attached hydrogen (secondary N) is 1. The lowest BCUT2D eigenvalue weighted by atomic mass is 10.0. The van der Waals surface area contributed by atoms with Crippen LogP contribution in [0.15, 0.2) is 24.3 Å². The van der Waals surface area contributed by atoms with Crippen LogP contribution in [0, 0.1) is 21.7 Å². The summed E-state index contributed by atoms with van der Waals surface area (Å²) < 4.78 is 26.7. The molecular formula is C13H14F2N2O2. The van der Waals surface area contributed by atoms with Gasteiger partial charge in [0, 0.05) is 30.3 Å². The Morgan fingerprint density at radius 2 is 2.11 bits per heavy atom. The van der Waals surface area contributed by atoms with Crippen LogP contribution in [0.5, 0.6) is 0 Å². The van der Waals surface area contributed by atoms with E-state index in [1.54, 1.807) is 0 Å². The lowest BCUT2D eigenvalue weighted by Gasteiger charge is -2.19. The highest BCUT2D eigenvalue weighted by Gasteiger charge is 2.19. The minimum Gasteiger partial charge on any atom is -0.309 e. The Balaban J connectivity index is 2.09. The Labute approximate surface area is 109 Å². The molecule has 0 heterocycles. The summed E-state index contributed by atoms with van der Waals surface area (Å²) in [4.78, 5) is 9.76. The highest BCUT2D eigenvalue weighted by atomic mass is 19.1. The lowest BCUT2D eigenvalue weighted by Crippen LogP contribution is -2.29. The van der Waals surface area contributed by atoms with Gasteiger partial charge in [-0.3, -0.25) is 10.1 Å². The van der Waals surface area contributed by atoms with Crippen molar-refractivity contribution in [2.45, 2.75) is 31.8 Å². The van der Waals surface area contributed by atoms with E-state index in [1.807, 2.05) is 6.08 Å². The first-order chi connectivity index (χ1) is 9.08. The zero-order chi connectivity index (χ0) is 13.8. The van der Waals surface area contributed by atoms with Crippen LogP contribution in [0.1, 0.15) is 24.8 Å². The number of nitrogens with zero attached hydrogens (tertiary/aromatic N) is 1. The summed E-state index contributed by atoms with van der Waals surface area (Å²) >= 11 is 0. The standard InChI is InChI=1S/C13H14F2N2O2/c14-11-7-12(15)13(17(18)19)6-9(11)8-16-10-4-2-1-3-5-10/h1-2,6-7,10,16H,3-5,8H2. The van der Waals surface area contributed by atoms with Crippen LogP contribution >= 0.6 is 0 Å². The summed E-state index contributed by atoms with van der Waals surface area (Å²) in [6, 6.07) is 1.75. The van der Waals surface area contributed by atoms with Gasteiger partial charge in [0.1, 0.15) is 5.82 Å². The van der Waals surface area contributed by atoms with Crippen molar-refractivity contribution in [1.29, 1.82) is 0 Å². The normalized spacial score (nSPS) is 18.5. The average molecular weight is 268 g/mol. The maximum Gasteiger partial charge on any atom is 0.305 e. The molecule has 1 unspecified atom stereocenters. The van der Waals surface area contributed by atoms with Crippen LogP contribution in [-0.4, -0.2) is 11.0 Å². The van der Waals surface area contributed by atoms with E-state index in [2.05, 4.69) is 11.4 Å². The van der Waals surface area contributed by atoms with Crippen molar-refractivity contribution >= 4 is 5.69 Å². The summed E-state index contributed by atoms with van der Waals surface area (Å²) in [5.74, 6) is -1.91. The summed E-state index contributed by atoms with van der Waals surface area (Å²) in [6.45, 7) is 0.158. The van der Waals surface area contributed by atoms with Crippen molar-refractivity contribution in [3.63, 3.8) is 0 Å². The maximum absolute atomic E-state index is 13.5. The second-order valence-corrected chi connectivity index (χ2v) is 4.51. The van der Waals surface area contributed by atoms with Crippen molar-refractivity contribution in [3.05, 3.63) is 51.6 Å². The number of rotatable bonds is 4. The van der Waals surface area contributed by atoms with Gasteiger partial charge in [0.25, 0.3) is 0 Å². The third kappa shape index (κ3) is 3.35. The molecule has 19 heavy (non-hydrogen) atoms. The minimum absolute atomic E-state index is 0.114. The molecule has 0 aliphatic heterocycles. The molecule has 0 saturated heterocycles. The topological polar surface area (TPSA) is 55.2 Å². The molecule has 0 spiro atoms. The fraction of sp³-hybridized carbons (Fsp3) is 0.385. The van der Waals surface area contributed by atoms with Gasteiger partial charge in [-0.05, 0) is 19.3 Å². The van der Waals surface area contributed by atoms with E-state index in [4.69, 9.17) is 0 Å². The van der Waals surface area contributed by atoms with Gasteiger partial charge in [0.15, 0.2) is 0 Å². The zero-order valence-corrected chi connectivity index (χ0v) is 10.2. The zero-order valence-electron chi connectivity index (χ0n) is 10.2. The highest BCUT2D eigenvalue weighted by Crippen LogP contribution is 2.22. The number of halogens is 2. The van der Waals surface area contributed by atoms with E-state index in [0.717, 1.165) is 25.3 Å². The van der Waals surface area contributed by atoms with Gasteiger partial charge in [-0.15, -0.1) is 0 Å². The summed E-state index contributed by atoms with van der Waals surface area (Å²) in [5, 5.41) is 13.7. The molecule has 1 aliphatic carbocycles. The van der Waals surface area contributed by atoms with Gasteiger partial charge >= 0.3 is 5.69 Å². The lowest BCUT2D eigenvalue weighted by molar-refractivity contribution is -0.387. The maximum atomic E-state index is 13.5. The van der Waals surface area contributed by atoms with Crippen LogP contribution in [0.2, 0.25) is 0 Å². The molecular weight excluding hydrogens is 254 g/mol. The van der Waals surface area contributed by atoms with Gasteiger partial charge in [0.2, 0.25) is 5.82 Å². The summed E-state index contributed by atoms with van der Waals surface area (Å²) in [5.41, 5.74) is -0.579. The molecule has 1 aromatic carbocycles. The van der Waals surface area contributed by atoms with E-state index in [9.17, 15) is 18.9 Å². The van der Waals surface area contributed by atoms with Gasteiger partial charge in [0.05, 0.1) is 4.92 Å². The number of hydrogen-bond donors (Lipinski definition) is 1. The number of hydrogen-bond acceptors (Lipinski definition) is 3. The minimum atomic E-state index is -1.15.